The first-order valence-electron chi connectivity index (χ1n) is 7.89. The van der Waals surface area contributed by atoms with Gasteiger partial charge in [0.05, 0.1) is 26.7 Å². The summed E-state index contributed by atoms with van der Waals surface area (Å²) < 4.78 is 1.35. The van der Waals surface area contributed by atoms with Crippen molar-refractivity contribution >= 4 is 0 Å². The monoisotopic (exact) mass is 240 g/mol. The van der Waals surface area contributed by atoms with Crippen molar-refractivity contribution in [2.24, 2.45) is 11.8 Å². The van der Waals surface area contributed by atoms with Crippen molar-refractivity contribution in [1.82, 2.24) is 0 Å². The molecule has 1 heterocycles. The van der Waals surface area contributed by atoms with Crippen molar-refractivity contribution in [1.29, 1.82) is 0 Å². The van der Waals surface area contributed by atoms with E-state index in [0.29, 0.717) is 0 Å². The van der Waals surface area contributed by atoms with Crippen LogP contribution in [0.1, 0.15) is 65.7 Å². The van der Waals surface area contributed by atoms with E-state index in [9.17, 15) is 0 Å². The minimum atomic E-state index is 0.919. The quantitative estimate of drug-likeness (QED) is 0.576. The minimum absolute atomic E-state index is 0.919. The first-order valence-corrected chi connectivity index (χ1v) is 7.89. The van der Waals surface area contributed by atoms with Crippen molar-refractivity contribution < 1.29 is 4.48 Å². The Morgan fingerprint density at radius 3 is 2.12 bits per heavy atom. The molecule has 0 radical (unpaired) electrons. The summed E-state index contributed by atoms with van der Waals surface area (Å²) in [4.78, 5) is 0. The molecule has 0 bridgehead atoms. The molecule has 0 aliphatic carbocycles. The van der Waals surface area contributed by atoms with Gasteiger partial charge in [0.15, 0.2) is 0 Å². The van der Waals surface area contributed by atoms with Gasteiger partial charge in [0.2, 0.25) is 0 Å². The summed E-state index contributed by atoms with van der Waals surface area (Å²) in [5.74, 6) is 1.85. The van der Waals surface area contributed by atoms with Gasteiger partial charge in [-0.1, -0.05) is 40.0 Å². The molecule has 102 valence electrons. The van der Waals surface area contributed by atoms with Crippen LogP contribution in [0, 0.1) is 11.8 Å². The van der Waals surface area contributed by atoms with Gasteiger partial charge in [-0.3, -0.25) is 0 Å². The van der Waals surface area contributed by atoms with E-state index < -0.39 is 0 Å². The SMILES string of the molecule is CCC(C)CCCC(C)C[N+]1(C)CCCCC1. The molecule has 2 atom stereocenters. The van der Waals surface area contributed by atoms with E-state index in [1.54, 1.807) is 0 Å². The van der Waals surface area contributed by atoms with Gasteiger partial charge < -0.3 is 4.48 Å². The maximum Gasteiger partial charge on any atom is 0.0810 e. The molecule has 1 aliphatic rings. The number of quaternary nitrogens is 1. The Hall–Kier alpha value is -0.0400. The zero-order chi connectivity index (χ0) is 12.7. The van der Waals surface area contributed by atoms with Crippen LogP contribution in [0.2, 0.25) is 0 Å². The summed E-state index contributed by atoms with van der Waals surface area (Å²) in [6.45, 7) is 11.4. The molecule has 0 spiro atoms. The van der Waals surface area contributed by atoms with E-state index in [-0.39, 0.29) is 0 Å². The van der Waals surface area contributed by atoms with Gasteiger partial charge in [-0.2, -0.15) is 0 Å². The van der Waals surface area contributed by atoms with Crippen molar-refractivity contribution in [3.8, 4) is 0 Å². The second-order valence-corrected chi connectivity index (χ2v) is 6.86. The van der Waals surface area contributed by atoms with Crippen LogP contribution in [0.25, 0.3) is 0 Å². The molecule has 1 fully saturated rings. The number of hydrogen-bond acceptors (Lipinski definition) is 0. The maximum atomic E-state index is 2.48. The minimum Gasteiger partial charge on any atom is -0.326 e. The zero-order valence-corrected chi connectivity index (χ0v) is 12.7. The van der Waals surface area contributed by atoms with Gasteiger partial charge >= 0.3 is 0 Å². The third-order valence-corrected chi connectivity index (χ3v) is 4.74. The molecule has 0 saturated carbocycles. The number of piperidine rings is 1. The van der Waals surface area contributed by atoms with E-state index in [4.69, 9.17) is 0 Å². The molecule has 2 unspecified atom stereocenters. The Kier molecular flexibility index (Phi) is 6.54. The molecule has 1 rings (SSSR count). The lowest BCUT2D eigenvalue weighted by atomic mass is 9.95. The zero-order valence-electron chi connectivity index (χ0n) is 12.7. The van der Waals surface area contributed by atoms with Crippen molar-refractivity contribution in [2.45, 2.75) is 65.7 Å². The van der Waals surface area contributed by atoms with Crippen LogP contribution in [0.3, 0.4) is 0 Å². The Morgan fingerprint density at radius 1 is 0.941 bits per heavy atom. The van der Waals surface area contributed by atoms with Crippen LogP contribution in [-0.4, -0.2) is 31.2 Å². The highest BCUT2D eigenvalue weighted by atomic mass is 15.3. The van der Waals surface area contributed by atoms with Crippen LogP contribution >= 0.6 is 0 Å². The second-order valence-electron chi connectivity index (χ2n) is 6.86. The van der Waals surface area contributed by atoms with E-state index in [2.05, 4.69) is 27.8 Å². The molecular formula is C16H34N+. The fraction of sp³-hybridized carbons (Fsp3) is 1.00. The summed E-state index contributed by atoms with van der Waals surface area (Å²) in [7, 11) is 2.48. The van der Waals surface area contributed by atoms with Crippen LogP contribution < -0.4 is 0 Å². The van der Waals surface area contributed by atoms with Gasteiger partial charge in [0.1, 0.15) is 0 Å². The molecule has 0 aromatic rings. The number of likely N-dealkylation sites (tertiary alicyclic amines) is 1. The normalized spacial score (nSPS) is 23.3. The standard InChI is InChI=1S/C16H34N/c1-5-15(2)10-9-11-16(3)14-17(4)12-7-6-8-13-17/h15-16H,5-14H2,1-4H3/q+1. The first kappa shape index (κ1) is 15.0. The maximum absolute atomic E-state index is 2.48. The highest BCUT2D eigenvalue weighted by molar-refractivity contribution is 4.59. The molecule has 1 heteroatoms. The number of nitrogens with zero attached hydrogens (tertiary/aromatic N) is 1. The van der Waals surface area contributed by atoms with Gasteiger partial charge in [0, 0.05) is 5.92 Å². The molecule has 1 saturated heterocycles. The predicted octanol–water partition coefficient (Wildman–Crippen LogP) is 4.47. The van der Waals surface area contributed by atoms with Crippen molar-refractivity contribution in [3.05, 3.63) is 0 Å². The van der Waals surface area contributed by atoms with E-state index in [1.165, 1.54) is 69.1 Å². The molecule has 0 aromatic heterocycles. The molecule has 1 aliphatic heterocycles. The van der Waals surface area contributed by atoms with Crippen molar-refractivity contribution in [3.63, 3.8) is 0 Å². The van der Waals surface area contributed by atoms with Crippen LogP contribution in [-0.2, 0) is 0 Å². The topological polar surface area (TPSA) is 0 Å². The smallest absolute Gasteiger partial charge is 0.0810 e. The predicted molar refractivity (Wildman–Crippen MR) is 77.1 cm³/mol. The fourth-order valence-corrected chi connectivity index (χ4v) is 3.32. The molecule has 0 amide bonds. The highest BCUT2D eigenvalue weighted by Gasteiger charge is 2.26. The Labute approximate surface area is 109 Å². The second kappa shape index (κ2) is 7.41. The lowest BCUT2D eigenvalue weighted by molar-refractivity contribution is -0.917. The Balaban J connectivity index is 2.17. The summed E-state index contributed by atoms with van der Waals surface area (Å²) in [6, 6.07) is 0. The molecule has 0 N–H and O–H groups in total. The third kappa shape index (κ3) is 5.90. The van der Waals surface area contributed by atoms with Crippen molar-refractivity contribution in [2.75, 3.05) is 26.7 Å². The van der Waals surface area contributed by atoms with E-state index >= 15 is 0 Å². The summed E-state index contributed by atoms with van der Waals surface area (Å²) in [5.41, 5.74) is 0. The van der Waals surface area contributed by atoms with Crippen LogP contribution in [0.4, 0.5) is 0 Å². The number of rotatable bonds is 7. The Bertz CT molecular complexity index is 194. The highest BCUT2D eigenvalue weighted by Crippen LogP contribution is 2.21. The average Bonchev–Trinajstić information content (AvgIpc) is 2.29. The molecule has 0 aromatic carbocycles. The van der Waals surface area contributed by atoms with Gasteiger partial charge in [0.25, 0.3) is 0 Å². The third-order valence-electron chi connectivity index (χ3n) is 4.74. The fourth-order valence-electron chi connectivity index (χ4n) is 3.32. The van der Waals surface area contributed by atoms with Gasteiger partial charge in [-0.15, -0.1) is 0 Å². The summed E-state index contributed by atoms with van der Waals surface area (Å²) >= 11 is 0. The van der Waals surface area contributed by atoms with E-state index in [1.807, 2.05) is 0 Å². The Morgan fingerprint density at radius 2 is 1.53 bits per heavy atom. The molecule has 17 heavy (non-hydrogen) atoms. The number of hydrogen-bond donors (Lipinski definition) is 0. The van der Waals surface area contributed by atoms with Crippen LogP contribution in [0.15, 0.2) is 0 Å². The lowest BCUT2D eigenvalue weighted by Gasteiger charge is -2.39. The van der Waals surface area contributed by atoms with E-state index in [0.717, 1.165) is 11.8 Å². The molecular weight excluding hydrogens is 206 g/mol. The van der Waals surface area contributed by atoms with Crippen LogP contribution in [0.5, 0.6) is 0 Å². The van der Waals surface area contributed by atoms with Gasteiger partial charge in [-0.05, 0) is 31.6 Å². The molecule has 1 nitrogen and oxygen atoms in total. The first-order chi connectivity index (χ1) is 8.06. The average molecular weight is 240 g/mol. The lowest BCUT2D eigenvalue weighted by Crippen LogP contribution is -2.50. The largest absolute Gasteiger partial charge is 0.326 e. The van der Waals surface area contributed by atoms with Gasteiger partial charge in [-0.25, -0.2) is 0 Å². The summed E-state index contributed by atoms with van der Waals surface area (Å²) in [5, 5.41) is 0. The summed E-state index contributed by atoms with van der Waals surface area (Å²) in [6.07, 6.45) is 10.0.